The quantitative estimate of drug-likeness (QED) is 0.406. The van der Waals surface area contributed by atoms with Crippen molar-refractivity contribution in [3.8, 4) is 0 Å². The third-order valence-electron chi connectivity index (χ3n) is 4.53. The average Bonchev–Trinajstić information content (AvgIpc) is 2.65. The highest BCUT2D eigenvalue weighted by Crippen LogP contribution is 2.12. The summed E-state index contributed by atoms with van der Waals surface area (Å²) in [5.74, 6) is 0.721. The summed E-state index contributed by atoms with van der Waals surface area (Å²) in [6.07, 6.45) is 2.76. The SMILES string of the molecule is CCCC(CN=C(NCC)NC1CCN(C(=O)OCC)CC1)NC(=O)OC(C)(C)C. The first-order valence-corrected chi connectivity index (χ1v) is 11.1. The van der Waals surface area contributed by atoms with Crippen molar-refractivity contribution in [3.63, 3.8) is 0 Å². The van der Waals surface area contributed by atoms with Crippen LogP contribution in [0.3, 0.4) is 0 Å². The Morgan fingerprint density at radius 3 is 2.37 bits per heavy atom. The minimum absolute atomic E-state index is 0.0917. The fourth-order valence-electron chi connectivity index (χ4n) is 3.17. The molecule has 0 aromatic carbocycles. The van der Waals surface area contributed by atoms with Crippen molar-refractivity contribution >= 4 is 18.1 Å². The van der Waals surface area contributed by atoms with E-state index < -0.39 is 11.7 Å². The van der Waals surface area contributed by atoms with E-state index in [-0.39, 0.29) is 18.2 Å². The van der Waals surface area contributed by atoms with Crippen LogP contribution in [-0.2, 0) is 9.47 Å². The fourth-order valence-corrected chi connectivity index (χ4v) is 3.17. The maximum atomic E-state index is 12.1. The number of nitrogens with zero attached hydrogens (tertiary/aromatic N) is 2. The van der Waals surface area contributed by atoms with Crippen molar-refractivity contribution in [1.82, 2.24) is 20.9 Å². The van der Waals surface area contributed by atoms with Gasteiger partial charge in [-0.15, -0.1) is 0 Å². The molecule has 1 unspecified atom stereocenters. The number of nitrogens with one attached hydrogen (secondary N) is 3. The highest BCUT2D eigenvalue weighted by molar-refractivity contribution is 5.80. The monoisotopic (exact) mass is 427 g/mol. The molecular formula is C21H41N5O4. The summed E-state index contributed by atoms with van der Waals surface area (Å²) in [4.78, 5) is 30.4. The molecule has 0 radical (unpaired) electrons. The van der Waals surface area contributed by atoms with Crippen LogP contribution >= 0.6 is 0 Å². The number of alkyl carbamates (subject to hydrolysis) is 1. The van der Waals surface area contributed by atoms with Crippen LogP contribution in [0.15, 0.2) is 4.99 Å². The van der Waals surface area contributed by atoms with Gasteiger partial charge in [0.15, 0.2) is 5.96 Å². The molecule has 1 heterocycles. The number of carbonyl (C=O) groups is 2. The molecule has 0 bridgehead atoms. The fraction of sp³-hybridized carbons (Fsp3) is 0.857. The van der Waals surface area contributed by atoms with Crippen LogP contribution < -0.4 is 16.0 Å². The molecule has 1 aliphatic rings. The van der Waals surface area contributed by atoms with E-state index in [1.807, 2.05) is 34.6 Å². The number of guanidine groups is 1. The molecule has 0 saturated carbocycles. The maximum absolute atomic E-state index is 12.1. The smallest absolute Gasteiger partial charge is 0.409 e. The Kier molecular flexibility index (Phi) is 11.4. The Hall–Kier alpha value is -2.19. The second-order valence-electron chi connectivity index (χ2n) is 8.46. The van der Waals surface area contributed by atoms with Gasteiger partial charge in [0.05, 0.1) is 19.2 Å². The van der Waals surface area contributed by atoms with Gasteiger partial charge in [-0.25, -0.2) is 9.59 Å². The molecule has 1 saturated heterocycles. The number of piperidine rings is 1. The Balaban J connectivity index is 2.60. The van der Waals surface area contributed by atoms with Crippen molar-refractivity contribution < 1.29 is 19.1 Å². The van der Waals surface area contributed by atoms with Crippen molar-refractivity contribution in [2.75, 3.05) is 32.8 Å². The molecule has 0 spiro atoms. The van der Waals surface area contributed by atoms with Gasteiger partial charge in [-0.2, -0.15) is 0 Å². The predicted molar refractivity (Wildman–Crippen MR) is 119 cm³/mol. The lowest BCUT2D eigenvalue weighted by Crippen LogP contribution is -2.50. The molecule has 9 heteroatoms. The lowest BCUT2D eigenvalue weighted by atomic mass is 10.1. The molecule has 1 atom stereocenters. The maximum Gasteiger partial charge on any atom is 0.409 e. The highest BCUT2D eigenvalue weighted by Gasteiger charge is 2.24. The van der Waals surface area contributed by atoms with Crippen molar-refractivity contribution in [2.45, 2.75) is 84.9 Å². The van der Waals surface area contributed by atoms with Crippen LogP contribution in [0.4, 0.5) is 9.59 Å². The Labute approximate surface area is 181 Å². The van der Waals surface area contributed by atoms with E-state index in [0.29, 0.717) is 26.2 Å². The third-order valence-corrected chi connectivity index (χ3v) is 4.53. The Morgan fingerprint density at radius 2 is 1.83 bits per heavy atom. The van der Waals surface area contributed by atoms with E-state index in [1.54, 1.807) is 4.90 Å². The topological polar surface area (TPSA) is 104 Å². The zero-order chi connectivity index (χ0) is 22.6. The summed E-state index contributed by atoms with van der Waals surface area (Å²) in [5, 5.41) is 9.64. The minimum atomic E-state index is -0.529. The molecule has 3 N–H and O–H groups in total. The Bertz CT molecular complexity index is 554. The zero-order valence-corrected chi connectivity index (χ0v) is 19.5. The van der Waals surface area contributed by atoms with Gasteiger partial charge in [0, 0.05) is 25.7 Å². The number of amides is 2. The second kappa shape index (κ2) is 13.2. The van der Waals surface area contributed by atoms with Crippen LogP contribution in [-0.4, -0.2) is 73.5 Å². The third kappa shape index (κ3) is 10.5. The molecule has 1 fully saturated rings. The van der Waals surface area contributed by atoms with Crippen LogP contribution in [0.5, 0.6) is 0 Å². The van der Waals surface area contributed by atoms with Gasteiger partial charge in [0.25, 0.3) is 0 Å². The molecule has 1 aliphatic heterocycles. The second-order valence-corrected chi connectivity index (χ2v) is 8.46. The number of hydrogen-bond donors (Lipinski definition) is 3. The van der Waals surface area contributed by atoms with E-state index in [0.717, 1.165) is 38.2 Å². The Morgan fingerprint density at radius 1 is 1.17 bits per heavy atom. The van der Waals surface area contributed by atoms with Gasteiger partial charge < -0.3 is 30.3 Å². The number of likely N-dealkylation sites (tertiary alicyclic amines) is 1. The van der Waals surface area contributed by atoms with Crippen LogP contribution in [0.25, 0.3) is 0 Å². The number of ether oxygens (including phenoxy) is 2. The molecule has 9 nitrogen and oxygen atoms in total. The summed E-state index contributed by atoms with van der Waals surface area (Å²) < 4.78 is 10.4. The average molecular weight is 428 g/mol. The van der Waals surface area contributed by atoms with Gasteiger partial charge >= 0.3 is 12.2 Å². The van der Waals surface area contributed by atoms with E-state index >= 15 is 0 Å². The summed E-state index contributed by atoms with van der Waals surface area (Å²) in [5.41, 5.74) is -0.529. The van der Waals surface area contributed by atoms with E-state index in [4.69, 9.17) is 9.47 Å². The molecule has 2 amide bonds. The van der Waals surface area contributed by atoms with Crippen molar-refractivity contribution in [3.05, 3.63) is 0 Å². The predicted octanol–water partition coefficient (Wildman–Crippen LogP) is 2.86. The van der Waals surface area contributed by atoms with Crippen LogP contribution in [0.1, 0.15) is 67.2 Å². The molecule has 30 heavy (non-hydrogen) atoms. The van der Waals surface area contributed by atoms with E-state index in [2.05, 4.69) is 27.9 Å². The first-order chi connectivity index (χ1) is 14.2. The minimum Gasteiger partial charge on any atom is -0.450 e. The lowest BCUT2D eigenvalue weighted by molar-refractivity contribution is 0.0503. The van der Waals surface area contributed by atoms with Gasteiger partial charge in [0.2, 0.25) is 0 Å². The van der Waals surface area contributed by atoms with Gasteiger partial charge in [-0.3, -0.25) is 4.99 Å². The molecule has 0 aliphatic carbocycles. The van der Waals surface area contributed by atoms with Gasteiger partial charge in [-0.1, -0.05) is 13.3 Å². The number of aliphatic imine (C=N–C) groups is 1. The summed E-state index contributed by atoms with van der Waals surface area (Å²) in [6, 6.07) is 0.142. The number of rotatable bonds is 8. The largest absolute Gasteiger partial charge is 0.450 e. The van der Waals surface area contributed by atoms with Crippen LogP contribution in [0.2, 0.25) is 0 Å². The van der Waals surface area contributed by atoms with Crippen molar-refractivity contribution in [2.24, 2.45) is 4.99 Å². The van der Waals surface area contributed by atoms with E-state index in [1.165, 1.54) is 0 Å². The summed E-state index contributed by atoms with van der Waals surface area (Å²) >= 11 is 0. The van der Waals surface area contributed by atoms with Crippen molar-refractivity contribution in [1.29, 1.82) is 0 Å². The standard InChI is InChI=1S/C21H41N5O4/c1-7-10-17(25-19(27)30-21(4,5)6)15-23-18(22-8-2)24-16-11-13-26(14-12-16)20(28)29-9-3/h16-17H,7-15H2,1-6H3,(H,25,27)(H2,22,23,24). The lowest BCUT2D eigenvalue weighted by Gasteiger charge is -2.32. The number of hydrogen-bond acceptors (Lipinski definition) is 5. The molecule has 0 aromatic heterocycles. The highest BCUT2D eigenvalue weighted by atomic mass is 16.6. The molecule has 0 aromatic rings. The summed E-state index contributed by atoms with van der Waals surface area (Å²) in [7, 11) is 0. The first kappa shape index (κ1) is 25.8. The van der Waals surface area contributed by atoms with E-state index in [9.17, 15) is 9.59 Å². The first-order valence-electron chi connectivity index (χ1n) is 11.1. The molecule has 174 valence electrons. The molecule has 1 rings (SSSR count). The van der Waals surface area contributed by atoms with Crippen LogP contribution in [0, 0.1) is 0 Å². The van der Waals surface area contributed by atoms with Gasteiger partial charge in [0.1, 0.15) is 5.60 Å². The number of carbonyl (C=O) groups excluding carboxylic acids is 2. The summed E-state index contributed by atoms with van der Waals surface area (Å²) in [6.45, 7) is 14.4. The molecular weight excluding hydrogens is 386 g/mol. The normalized spacial score (nSPS) is 16.6. The zero-order valence-electron chi connectivity index (χ0n) is 19.5. The van der Waals surface area contributed by atoms with Gasteiger partial charge in [-0.05, 0) is 53.9 Å².